The van der Waals surface area contributed by atoms with Gasteiger partial charge in [-0.1, -0.05) is 6.07 Å². The summed E-state index contributed by atoms with van der Waals surface area (Å²) in [5.74, 6) is 2.26. The van der Waals surface area contributed by atoms with E-state index in [1.165, 1.54) is 0 Å². The Morgan fingerprint density at radius 1 is 1.02 bits per heavy atom. The SMILES string of the molecule is COc1ccc(CCNC(=O)CC2CN(c3cc(C)nc(-n4ccnc4)n3)CCN2C(=O)c2cccnc2)cc1OC. The maximum absolute atomic E-state index is 13.5. The number of ether oxygens (including phenoxy) is 2. The molecule has 0 radical (unpaired) electrons. The van der Waals surface area contributed by atoms with Crippen molar-refractivity contribution in [2.45, 2.75) is 25.8 Å². The number of aryl methyl sites for hydroxylation is 1. The lowest BCUT2D eigenvalue weighted by Gasteiger charge is -2.42. The van der Waals surface area contributed by atoms with Crippen molar-refractivity contribution >= 4 is 17.6 Å². The first kappa shape index (κ1) is 28.5. The van der Waals surface area contributed by atoms with E-state index in [2.05, 4.69) is 25.2 Å². The van der Waals surface area contributed by atoms with Crippen molar-refractivity contribution in [3.8, 4) is 17.4 Å². The zero-order valence-corrected chi connectivity index (χ0v) is 23.9. The largest absolute Gasteiger partial charge is 0.493 e. The van der Waals surface area contributed by atoms with Crippen LogP contribution in [0.4, 0.5) is 5.82 Å². The molecule has 0 saturated carbocycles. The average molecular weight is 571 g/mol. The highest BCUT2D eigenvalue weighted by Crippen LogP contribution is 2.27. The highest BCUT2D eigenvalue weighted by Gasteiger charge is 2.33. The van der Waals surface area contributed by atoms with Crippen LogP contribution in [0.25, 0.3) is 5.95 Å². The summed E-state index contributed by atoms with van der Waals surface area (Å²) in [5.41, 5.74) is 2.31. The summed E-state index contributed by atoms with van der Waals surface area (Å²) in [6.07, 6.45) is 9.07. The fourth-order valence-electron chi connectivity index (χ4n) is 5.02. The van der Waals surface area contributed by atoms with Gasteiger partial charge in [0, 0.05) is 69.1 Å². The minimum absolute atomic E-state index is 0.135. The van der Waals surface area contributed by atoms with Crippen LogP contribution in [0.2, 0.25) is 0 Å². The molecule has 5 rings (SSSR count). The van der Waals surface area contributed by atoms with E-state index in [0.29, 0.717) is 55.6 Å². The van der Waals surface area contributed by atoms with Gasteiger partial charge < -0.3 is 24.6 Å². The van der Waals surface area contributed by atoms with Gasteiger partial charge in [-0.05, 0) is 43.2 Å². The van der Waals surface area contributed by atoms with Crippen LogP contribution < -0.4 is 19.7 Å². The van der Waals surface area contributed by atoms with Gasteiger partial charge in [0.05, 0.1) is 25.8 Å². The number of nitrogens with one attached hydrogen (secondary N) is 1. The Balaban J connectivity index is 1.30. The van der Waals surface area contributed by atoms with Crippen molar-refractivity contribution in [1.82, 2.24) is 34.7 Å². The number of piperazine rings is 1. The lowest BCUT2D eigenvalue weighted by Crippen LogP contribution is -2.56. The van der Waals surface area contributed by atoms with E-state index in [-0.39, 0.29) is 24.3 Å². The van der Waals surface area contributed by atoms with Crippen molar-refractivity contribution in [3.63, 3.8) is 0 Å². The number of anilines is 1. The van der Waals surface area contributed by atoms with Crippen LogP contribution in [0.3, 0.4) is 0 Å². The third-order valence-corrected chi connectivity index (χ3v) is 7.15. The Morgan fingerprint density at radius 3 is 2.62 bits per heavy atom. The molecule has 1 atom stereocenters. The molecular formula is C30H34N8O4. The Kier molecular flexibility index (Phi) is 8.90. The molecule has 0 aliphatic carbocycles. The second kappa shape index (κ2) is 13.1. The molecule has 0 spiro atoms. The second-order valence-electron chi connectivity index (χ2n) is 9.97. The summed E-state index contributed by atoms with van der Waals surface area (Å²) in [5, 5.41) is 3.02. The smallest absolute Gasteiger partial charge is 0.255 e. The van der Waals surface area contributed by atoms with E-state index in [9.17, 15) is 9.59 Å². The van der Waals surface area contributed by atoms with E-state index in [1.54, 1.807) is 66.9 Å². The second-order valence-corrected chi connectivity index (χ2v) is 9.97. The number of amides is 2. The number of aromatic nitrogens is 5. The summed E-state index contributed by atoms with van der Waals surface area (Å²) in [4.78, 5) is 48.0. The number of carbonyl (C=O) groups excluding carboxylic acids is 2. The third-order valence-electron chi connectivity index (χ3n) is 7.15. The first-order chi connectivity index (χ1) is 20.4. The van der Waals surface area contributed by atoms with E-state index >= 15 is 0 Å². The Labute approximate surface area is 244 Å². The van der Waals surface area contributed by atoms with Crippen LogP contribution in [-0.4, -0.2) is 87.7 Å². The molecule has 4 heterocycles. The minimum atomic E-state index is -0.375. The summed E-state index contributed by atoms with van der Waals surface area (Å²) >= 11 is 0. The maximum atomic E-state index is 13.5. The molecular weight excluding hydrogens is 536 g/mol. The van der Waals surface area contributed by atoms with Gasteiger partial charge in [-0.2, -0.15) is 4.98 Å². The predicted octanol–water partition coefficient (Wildman–Crippen LogP) is 2.46. The fourth-order valence-corrected chi connectivity index (χ4v) is 5.02. The molecule has 0 bridgehead atoms. The lowest BCUT2D eigenvalue weighted by molar-refractivity contribution is -0.122. The van der Waals surface area contributed by atoms with Crippen molar-refractivity contribution in [2.24, 2.45) is 0 Å². The van der Waals surface area contributed by atoms with Gasteiger partial charge in [0.15, 0.2) is 11.5 Å². The number of hydrogen-bond donors (Lipinski definition) is 1. The van der Waals surface area contributed by atoms with Gasteiger partial charge in [-0.15, -0.1) is 0 Å². The standard InChI is InChI=1S/C30H34N8O4/c1-21-15-27(35-30(34-21)37-12-11-32-20-37)36-13-14-38(29(40)23-5-4-9-31-18-23)24(19-36)17-28(39)33-10-8-22-6-7-25(41-2)26(16-22)42-3/h4-7,9,11-12,15-16,18,20,24H,8,10,13-14,17,19H2,1-3H3,(H,33,39). The number of pyridine rings is 1. The quantitative estimate of drug-likeness (QED) is 0.306. The maximum Gasteiger partial charge on any atom is 0.255 e. The van der Waals surface area contributed by atoms with Crippen LogP contribution in [0, 0.1) is 6.92 Å². The van der Waals surface area contributed by atoms with Gasteiger partial charge in [0.25, 0.3) is 5.91 Å². The summed E-state index contributed by atoms with van der Waals surface area (Å²) in [6, 6.07) is 10.7. The number of nitrogens with zero attached hydrogens (tertiary/aromatic N) is 7. The van der Waals surface area contributed by atoms with E-state index in [0.717, 1.165) is 17.1 Å². The van der Waals surface area contributed by atoms with E-state index in [1.807, 2.05) is 31.2 Å². The summed E-state index contributed by atoms with van der Waals surface area (Å²) < 4.78 is 12.4. The van der Waals surface area contributed by atoms with Crippen molar-refractivity contribution in [1.29, 1.82) is 0 Å². The molecule has 1 aliphatic heterocycles. The minimum Gasteiger partial charge on any atom is -0.493 e. The average Bonchev–Trinajstić information content (AvgIpc) is 3.56. The molecule has 1 N–H and O–H groups in total. The highest BCUT2D eigenvalue weighted by molar-refractivity contribution is 5.94. The summed E-state index contributed by atoms with van der Waals surface area (Å²) in [6.45, 7) is 3.79. The number of imidazole rings is 1. The normalized spacial score (nSPS) is 14.9. The van der Waals surface area contributed by atoms with Crippen LogP contribution in [-0.2, 0) is 11.2 Å². The van der Waals surface area contributed by atoms with E-state index in [4.69, 9.17) is 14.5 Å². The first-order valence-corrected chi connectivity index (χ1v) is 13.7. The van der Waals surface area contributed by atoms with Crippen LogP contribution in [0.1, 0.15) is 28.0 Å². The molecule has 1 fully saturated rings. The zero-order valence-electron chi connectivity index (χ0n) is 23.9. The molecule has 1 unspecified atom stereocenters. The monoisotopic (exact) mass is 570 g/mol. The number of hydrogen-bond acceptors (Lipinski definition) is 9. The van der Waals surface area contributed by atoms with Gasteiger partial charge >= 0.3 is 0 Å². The molecule has 3 aromatic heterocycles. The van der Waals surface area contributed by atoms with Gasteiger partial charge in [-0.3, -0.25) is 19.1 Å². The molecule has 2 amide bonds. The fraction of sp³-hybridized carbons (Fsp3) is 0.333. The van der Waals surface area contributed by atoms with Gasteiger partial charge in [-0.25, -0.2) is 9.97 Å². The molecule has 12 heteroatoms. The summed E-state index contributed by atoms with van der Waals surface area (Å²) in [7, 11) is 3.19. The molecule has 1 saturated heterocycles. The van der Waals surface area contributed by atoms with Crippen LogP contribution in [0.5, 0.6) is 11.5 Å². The molecule has 218 valence electrons. The first-order valence-electron chi connectivity index (χ1n) is 13.7. The number of methoxy groups -OCH3 is 2. The number of carbonyl (C=O) groups is 2. The molecule has 4 aromatic rings. The number of rotatable bonds is 10. The van der Waals surface area contributed by atoms with Gasteiger partial charge in [0.1, 0.15) is 12.1 Å². The lowest BCUT2D eigenvalue weighted by atomic mass is 10.1. The predicted molar refractivity (Wildman–Crippen MR) is 156 cm³/mol. The van der Waals surface area contributed by atoms with Gasteiger partial charge in [0.2, 0.25) is 11.9 Å². The molecule has 12 nitrogen and oxygen atoms in total. The highest BCUT2D eigenvalue weighted by atomic mass is 16.5. The van der Waals surface area contributed by atoms with Crippen LogP contribution >= 0.6 is 0 Å². The van der Waals surface area contributed by atoms with Crippen molar-refractivity contribution in [3.05, 3.63) is 84.3 Å². The van der Waals surface area contributed by atoms with Crippen LogP contribution in [0.15, 0.2) is 67.5 Å². The van der Waals surface area contributed by atoms with Crippen molar-refractivity contribution < 1.29 is 19.1 Å². The third kappa shape index (κ3) is 6.65. The Hall–Kier alpha value is -5.00. The Bertz CT molecular complexity index is 1510. The van der Waals surface area contributed by atoms with E-state index < -0.39 is 0 Å². The topological polar surface area (TPSA) is 128 Å². The molecule has 1 aromatic carbocycles. The zero-order chi connectivity index (χ0) is 29.5. The Morgan fingerprint density at radius 2 is 1.88 bits per heavy atom. The number of benzene rings is 1. The van der Waals surface area contributed by atoms with Crippen molar-refractivity contribution in [2.75, 3.05) is 45.3 Å². The molecule has 42 heavy (non-hydrogen) atoms. The molecule has 1 aliphatic rings.